The average Bonchev–Trinajstić information content (AvgIpc) is 2.17. The second kappa shape index (κ2) is 23.3. The van der Waals surface area contributed by atoms with E-state index in [1.165, 1.54) is 0 Å². The molecule has 0 saturated carbocycles. The summed E-state index contributed by atoms with van der Waals surface area (Å²) in [5.74, 6) is 0. The Balaban J connectivity index is -0.0000000796. The molecule has 108 valence electrons. The Bertz CT molecular complexity index is 183. The van der Waals surface area contributed by atoms with Crippen LogP contribution in [0.25, 0.3) is 0 Å². The molecule has 19 heavy (non-hydrogen) atoms. The van der Waals surface area contributed by atoms with E-state index in [1.807, 2.05) is 18.2 Å². The third kappa shape index (κ3) is 124. The molecule has 0 aromatic carbocycles. The van der Waals surface area contributed by atoms with Crippen molar-refractivity contribution in [1.29, 1.82) is 0 Å². The second-order valence-corrected chi connectivity index (χ2v) is 2.73. The Labute approximate surface area is 127 Å². The summed E-state index contributed by atoms with van der Waals surface area (Å²) in [4.78, 5) is 3.78. The third-order valence-electron chi connectivity index (χ3n) is 0.566. The minimum Gasteiger partial charge on any atom is -0.357 e. The number of pyridine rings is 1. The molecule has 14 heteroatoms. The topological polar surface area (TPSA) is 220 Å². The van der Waals surface area contributed by atoms with Gasteiger partial charge < -0.3 is 41.9 Å². The zero-order valence-electron chi connectivity index (χ0n) is 8.72. The van der Waals surface area contributed by atoms with Crippen molar-refractivity contribution in [3.63, 3.8) is 0 Å². The van der Waals surface area contributed by atoms with Crippen molar-refractivity contribution < 1.29 is 74.3 Å². The van der Waals surface area contributed by atoms with E-state index in [-0.39, 0.29) is 17.4 Å². The van der Waals surface area contributed by atoms with Gasteiger partial charge in [-0.2, -0.15) is 0 Å². The maximum atomic E-state index is 8.41. The molecule has 10 nitrogen and oxygen atoms in total. The van der Waals surface area contributed by atoms with Gasteiger partial charge in [0.15, 0.2) is 0 Å². The number of rotatable bonds is 0. The Morgan fingerprint density at radius 3 is 0.789 bits per heavy atom. The molecule has 0 amide bonds. The van der Waals surface area contributed by atoms with Crippen LogP contribution in [-0.4, -0.2) is 22.3 Å². The normalized spacial score (nSPS) is 8.21. The van der Waals surface area contributed by atoms with Crippen molar-refractivity contribution in [3.05, 3.63) is 30.6 Å². The first kappa shape index (κ1) is 27.5. The molecule has 0 aliphatic carbocycles. The molecule has 1 aromatic rings. The van der Waals surface area contributed by atoms with E-state index in [2.05, 4.69) is 4.98 Å². The Morgan fingerprint density at radius 1 is 0.526 bits per heavy atom. The van der Waals surface area contributed by atoms with Gasteiger partial charge in [-0.3, -0.25) is 4.98 Å². The first-order valence-electron chi connectivity index (χ1n) is 3.24. The van der Waals surface area contributed by atoms with Gasteiger partial charge in [-0.25, -0.2) is 0 Å². The van der Waals surface area contributed by atoms with Gasteiger partial charge in [-0.1, -0.05) is 6.07 Å². The fraction of sp³-hybridized carbons (Fsp3) is 0. The zero-order valence-corrected chi connectivity index (χ0v) is 12.1. The van der Waals surface area contributed by atoms with E-state index >= 15 is 0 Å². The summed E-state index contributed by atoms with van der Waals surface area (Å²) >= 11 is 0. The molecular weight excluding hydrogens is 351 g/mol. The number of aromatic nitrogens is 1. The number of halogens is 3. The van der Waals surface area contributed by atoms with Crippen LogP contribution in [0.4, 0.5) is 0 Å². The molecule has 0 atom stereocenters. The minimum atomic E-state index is -2.85. The van der Waals surface area contributed by atoms with Crippen molar-refractivity contribution in [3.8, 4) is 0 Å². The van der Waals surface area contributed by atoms with Gasteiger partial charge >= 0.3 is 17.4 Å². The molecule has 0 aliphatic heterocycles. The van der Waals surface area contributed by atoms with Crippen LogP contribution in [0.3, 0.4) is 0 Å². The van der Waals surface area contributed by atoms with Gasteiger partial charge in [0.1, 0.15) is 0 Å². The monoisotopic (exact) mass is 355 g/mol. The summed E-state index contributed by atoms with van der Waals surface area (Å²) in [6.45, 7) is 0. The van der Waals surface area contributed by atoms with Crippen LogP contribution in [0.5, 0.6) is 0 Å². The fourth-order valence-electron chi connectivity index (χ4n) is 0.313. The molecule has 0 spiro atoms. The molecule has 1 rings (SSSR count). The van der Waals surface area contributed by atoms with E-state index in [4.69, 9.17) is 41.9 Å². The molecule has 1 heterocycles. The molecule has 0 fully saturated rings. The smallest absolute Gasteiger partial charge is 0.357 e. The molecule has 0 bridgehead atoms. The van der Waals surface area contributed by atoms with Crippen molar-refractivity contribution in [1.82, 2.24) is 4.98 Å². The van der Waals surface area contributed by atoms with E-state index in [9.17, 15) is 0 Å². The average molecular weight is 356 g/mol. The van der Waals surface area contributed by atoms with E-state index in [0.29, 0.717) is 0 Å². The van der Waals surface area contributed by atoms with Gasteiger partial charge in [0.25, 0.3) is 0 Å². The first-order valence-corrected chi connectivity index (χ1v) is 6.02. The fourth-order valence-corrected chi connectivity index (χ4v) is 0.313. The summed E-state index contributed by atoms with van der Waals surface area (Å²) < 4.78 is 75.7. The minimum absolute atomic E-state index is 0. The number of hydrogen-bond donors (Lipinski definition) is 0. The standard InChI is InChI=1S/C5H5N.Al.3ClO3/c1-2-4-6-5-3-1;;3*2-1(3)4/h1-5H;;;;/q;+3;3*-1. The largest absolute Gasteiger partial charge is 3.00 e. The first-order chi connectivity index (χ1) is 8.20. The van der Waals surface area contributed by atoms with Crippen molar-refractivity contribution in [2.45, 2.75) is 0 Å². The molecule has 0 N–H and O–H groups in total. The Hall–Kier alpha value is 0.192. The summed E-state index contributed by atoms with van der Waals surface area (Å²) in [6, 6.07) is 5.72. The summed E-state index contributed by atoms with van der Waals surface area (Å²) in [5, 5.41) is 0. The maximum Gasteiger partial charge on any atom is 3.00 e. The van der Waals surface area contributed by atoms with Crippen LogP contribution >= 0.6 is 0 Å². The Morgan fingerprint density at radius 2 is 0.737 bits per heavy atom. The third-order valence-corrected chi connectivity index (χ3v) is 0.566. The van der Waals surface area contributed by atoms with Gasteiger partial charge in [0.05, 0.1) is 32.4 Å². The van der Waals surface area contributed by atoms with Crippen LogP contribution < -0.4 is 41.9 Å². The zero-order chi connectivity index (χ0) is 15.0. The van der Waals surface area contributed by atoms with Crippen molar-refractivity contribution in [2.24, 2.45) is 0 Å². The van der Waals surface area contributed by atoms with E-state index in [0.717, 1.165) is 0 Å². The van der Waals surface area contributed by atoms with Gasteiger partial charge in [0.2, 0.25) is 0 Å². The summed E-state index contributed by atoms with van der Waals surface area (Å²) in [5.41, 5.74) is 0. The van der Waals surface area contributed by atoms with Gasteiger partial charge in [-0.15, -0.1) is 0 Å². The van der Waals surface area contributed by atoms with E-state index in [1.54, 1.807) is 12.4 Å². The SMILES string of the molecule is [Al+3].[O-][Cl+2]([O-])[O-].[O-][Cl+2]([O-])[O-].[O-][Cl+2]([O-])[O-].c1ccncc1. The second-order valence-electron chi connectivity index (χ2n) is 1.59. The molecule has 0 radical (unpaired) electrons. The summed E-state index contributed by atoms with van der Waals surface area (Å²) in [7, 11) is -8.56. The van der Waals surface area contributed by atoms with Crippen molar-refractivity contribution in [2.75, 3.05) is 0 Å². The quantitative estimate of drug-likeness (QED) is 0.399. The van der Waals surface area contributed by atoms with E-state index < -0.39 is 32.4 Å². The van der Waals surface area contributed by atoms with Crippen LogP contribution in [0.1, 0.15) is 0 Å². The number of hydrogen-bond acceptors (Lipinski definition) is 10. The molecule has 0 unspecified atom stereocenters. The molecule has 1 aromatic heterocycles. The predicted molar refractivity (Wildman–Crippen MR) is 30.0 cm³/mol. The van der Waals surface area contributed by atoms with Crippen LogP contribution in [-0.2, 0) is 0 Å². The summed E-state index contributed by atoms with van der Waals surface area (Å²) in [6.07, 6.45) is 3.50. The van der Waals surface area contributed by atoms with Crippen LogP contribution in [0.15, 0.2) is 30.6 Å². The van der Waals surface area contributed by atoms with Gasteiger partial charge in [0, 0.05) is 12.4 Å². The maximum absolute atomic E-state index is 8.41. The molecule has 0 aliphatic rings. The van der Waals surface area contributed by atoms with Crippen molar-refractivity contribution >= 4 is 17.4 Å². The number of nitrogens with zero attached hydrogens (tertiary/aromatic N) is 1. The molecular formula is C5H5AlCl3NO9. The van der Waals surface area contributed by atoms with Gasteiger partial charge in [-0.05, 0) is 12.1 Å². The molecule has 0 saturated heterocycles. The van der Waals surface area contributed by atoms with Crippen LogP contribution in [0.2, 0.25) is 0 Å². The van der Waals surface area contributed by atoms with Crippen LogP contribution in [0, 0.1) is 32.4 Å². The predicted octanol–water partition coefficient (Wildman–Crippen LogP) is -10.0. The Kier molecular flexibility index (Phi) is 33.7.